The van der Waals surface area contributed by atoms with Gasteiger partial charge in [-0.25, -0.2) is 0 Å². The predicted octanol–water partition coefficient (Wildman–Crippen LogP) is 5.75. The highest BCUT2D eigenvalue weighted by molar-refractivity contribution is 5.75. The SMILES string of the molecule is CCc1nc(-c2ccc(-c3cn[nH]c3)cc2OC)ccc1N(C)[C@@H]1C(C)C=CCC1C. The van der Waals surface area contributed by atoms with Crippen molar-refractivity contribution >= 4 is 5.69 Å². The van der Waals surface area contributed by atoms with E-state index >= 15 is 0 Å². The summed E-state index contributed by atoms with van der Waals surface area (Å²) >= 11 is 0. The van der Waals surface area contributed by atoms with Crippen molar-refractivity contribution in [2.75, 3.05) is 19.1 Å². The van der Waals surface area contributed by atoms with Crippen molar-refractivity contribution in [1.29, 1.82) is 0 Å². The molecule has 0 saturated heterocycles. The molecular weight excluding hydrogens is 384 g/mol. The number of H-pyrrole nitrogens is 1. The first-order valence-corrected chi connectivity index (χ1v) is 11.1. The van der Waals surface area contributed by atoms with Gasteiger partial charge >= 0.3 is 0 Å². The first-order chi connectivity index (χ1) is 15.0. The molecule has 1 N–H and O–H groups in total. The van der Waals surface area contributed by atoms with E-state index in [0.29, 0.717) is 17.9 Å². The lowest BCUT2D eigenvalue weighted by atomic mass is 9.82. The van der Waals surface area contributed by atoms with Crippen molar-refractivity contribution in [3.63, 3.8) is 0 Å². The maximum Gasteiger partial charge on any atom is 0.128 e. The van der Waals surface area contributed by atoms with Gasteiger partial charge in [0.1, 0.15) is 5.75 Å². The number of benzene rings is 1. The van der Waals surface area contributed by atoms with Gasteiger partial charge in [-0.3, -0.25) is 10.1 Å². The van der Waals surface area contributed by atoms with Crippen LogP contribution < -0.4 is 9.64 Å². The molecule has 0 bridgehead atoms. The number of nitrogens with one attached hydrogen (secondary N) is 1. The largest absolute Gasteiger partial charge is 0.496 e. The summed E-state index contributed by atoms with van der Waals surface area (Å²) in [5.74, 6) is 1.95. The molecule has 0 saturated carbocycles. The lowest BCUT2D eigenvalue weighted by Gasteiger charge is -2.40. The normalized spacial score (nSPS) is 20.6. The lowest BCUT2D eigenvalue weighted by molar-refractivity contribution is 0.359. The monoisotopic (exact) mass is 416 g/mol. The maximum absolute atomic E-state index is 5.72. The summed E-state index contributed by atoms with van der Waals surface area (Å²) in [7, 11) is 3.92. The Morgan fingerprint density at radius 3 is 2.68 bits per heavy atom. The maximum atomic E-state index is 5.72. The van der Waals surface area contributed by atoms with Crippen LogP contribution in [0.1, 0.15) is 32.9 Å². The van der Waals surface area contributed by atoms with E-state index in [9.17, 15) is 0 Å². The molecule has 1 aromatic carbocycles. The Bertz CT molecular complexity index is 1060. The zero-order chi connectivity index (χ0) is 22.0. The van der Waals surface area contributed by atoms with Gasteiger partial charge in [0.05, 0.1) is 30.4 Å². The summed E-state index contributed by atoms with van der Waals surface area (Å²) in [6, 6.07) is 11.0. The minimum absolute atomic E-state index is 0.478. The predicted molar refractivity (Wildman–Crippen MR) is 127 cm³/mol. The summed E-state index contributed by atoms with van der Waals surface area (Å²) in [6.45, 7) is 6.84. The molecule has 2 aromatic heterocycles. The van der Waals surface area contributed by atoms with Gasteiger partial charge in [0.25, 0.3) is 0 Å². The zero-order valence-corrected chi connectivity index (χ0v) is 19.1. The Morgan fingerprint density at radius 1 is 1.16 bits per heavy atom. The smallest absolute Gasteiger partial charge is 0.128 e. The third kappa shape index (κ3) is 4.09. The minimum atomic E-state index is 0.478. The quantitative estimate of drug-likeness (QED) is 0.520. The second kappa shape index (κ2) is 8.96. The number of allylic oxidation sites excluding steroid dienone is 1. The number of aromatic nitrogens is 3. The highest BCUT2D eigenvalue weighted by Gasteiger charge is 2.29. The summed E-state index contributed by atoms with van der Waals surface area (Å²) in [4.78, 5) is 7.51. The Hall–Kier alpha value is -3.08. The molecule has 0 aliphatic heterocycles. The molecule has 0 radical (unpaired) electrons. The number of aryl methyl sites for hydroxylation is 1. The lowest BCUT2D eigenvalue weighted by Crippen LogP contribution is -2.43. The average molecular weight is 417 g/mol. The van der Waals surface area contributed by atoms with Crippen LogP contribution in [0.5, 0.6) is 5.75 Å². The van der Waals surface area contributed by atoms with E-state index < -0.39 is 0 Å². The fourth-order valence-electron chi connectivity index (χ4n) is 4.89. The topological polar surface area (TPSA) is 54.0 Å². The zero-order valence-electron chi connectivity index (χ0n) is 19.1. The molecule has 4 rings (SSSR count). The first kappa shape index (κ1) is 21.2. The fourth-order valence-corrected chi connectivity index (χ4v) is 4.89. The summed E-state index contributed by atoms with van der Waals surface area (Å²) < 4.78 is 5.72. The number of pyridine rings is 1. The van der Waals surface area contributed by atoms with Crippen molar-refractivity contribution in [3.05, 3.63) is 60.6 Å². The third-order valence-electron chi connectivity index (χ3n) is 6.49. The second-order valence-corrected chi connectivity index (χ2v) is 8.52. The van der Waals surface area contributed by atoms with Crippen molar-refractivity contribution in [2.24, 2.45) is 11.8 Å². The molecule has 3 aromatic rings. The molecule has 5 nitrogen and oxygen atoms in total. The van der Waals surface area contributed by atoms with Crippen molar-refractivity contribution in [1.82, 2.24) is 15.2 Å². The fraction of sp³-hybridized carbons (Fsp3) is 0.385. The number of ether oxygens (including phenoxy) is 1. The van der Waals surface area contributed by atoms with Gasteiger partial charge < -0.3 is 9.64 Å². The van der Waals surface area contributed by atoms with Crippen LogP contribution in [-0.4, -0.2) is 35.4 Å². The van der Waals surface area contributed by atoms with Gasteiger partial charge in [-0.15, -0.1) is 0 Å². The Labute approximate surface area is 185 Å². The number of anilines is 1. The van der Waals surface area contributed by atoms with E-state index in [1.807, 2.05) is 18.5 Å². The highest BCUT2D eigenvalue weighted by Crippen LogP contribution is 2.36. The first-order valence-electron chi connectivity index (χ1n) is 11.1. The van der Waals surface area contributed by atoms with Crippen molar-refractivity contribution in [2.45, 2.75) is 39.7 Å². The summed E-state index contributed by atoms with van der Waals surface area (Å²) in [5, 5.41) is 6.91. The van der Waals surface area contributed by atoms with Crippen LogP contribution in [0.4, 0.5) is 5.69 Å². The van der Waals surface area contributed by atoms with Crippen LogP contribution >= 0.6 is 0 Å². The van der Waals surface area contributed by atoms with E-state index in [1.54, 1.807) is 7.11 Å². The molecule has 31 heavy (non-hydrogen) atoms. The number of rotatable bonds is 6. The van der Waals surface area contributed by atoms with Crippen molar-refractivity contribution < 1.29 is 4.74 Å². The molecule has 0 amide bonds. The number of hydrogen-bond acceptors (Lipinski definition) is 4. The molecule has 5 heteroatoms. The molecule has 3 atom stereocenters. The average Bonchev–Trinajstić information content (AvgIpc) is 3.33. The summed E-state index contributed by atoms with van der Waals surface area (Å²) in [6.07, 6.45) is 10.4. The van der Waals surface area contributed by atoms with E-state index in [1.165, 1.54) is 5.69 Å². The second-order valence-electron chi connectivity index (χ2n) is 8.52. The van der Waals surface area contributed by atoms with Gasteiger partial charge in [-0.1, -0.05) is 39.0 Å². The number of aromatic amines is 1. The molecule has 162 valence electrons. The standard InChI is InChI=1S/C26H32N4O/c1-6-22-24(30(4)26-17(2)8-7-9-18(26)3)13-12-23(29-22)21-11-10-19(14-25(21)31-5)20-15-27-28-16-20/h7-8,10-18,26H,6,9H2,1-5H3,(H,27,28)/t17?,18?,26-/m1/s1. The van der Waals surface area contributed by atoms with Gasteiger partial charge in [-0.05, 0) is 54.5 Å². The Morgan fingerprint density at radius 2 is 2.00 bits per heavy atom. The van der Waals surface area contributed by atoms with Crippen LogP contribution in [0, 0.1) is 11.8 Å². The molecular formula is C26H32N4O. The minimum Gasteiger partial charge on any atom is -0.496 e. The van der Waals surface area contributed by atoms with Crippen LogP contribution in [0.2, 0.25) is 0 Å². The Balaban J connectivity index is 1.69. The van der Waals surface area contributed by atoms with E-state index in [2.05, 4.69) is 79.3 Å². The highest BCUT2D eigenvalue weighted by atomic mass is 16.5. The summed E-state index contributed by atoms with van der Waals surface area (Å²) in [5.41, 5.74) is 6.38. The number of hydrogen-bond donors (Lipinski definition) is 1. The van der Waals surface area contributed by atoms with Gasteiger partial charge in [0.2, 0.25) is 0 Å². The number of methoxy groups -OCH3 is 1. The van der Waals surface area contributed by atoms with Crippen molar-refractivity contribution in [3.8, 4) is 28.1 Å². The van der Waals surface area contributed by atoms with Crippen LogP contribution in [-0.2, 0) is 6.42 Å². The molecule has 0 fully saturated rings. The molecule has 2 heterocycles. The van der Waals surface area contributed by atoms with Crippen LogP contribution in [0.3, 0.4) is 0 Å². The third-order valence-corrected chi connectivity index (χ3v) is 6.49. The molecule has 1 aliphatic carbocycles. The van der Waals surface area contributed by atoms with Gasteiger partial charge in [0, 0.05) is 30.4 Å². The van der Waals surface area contributed by atoms with E-state index in [0.717, 1.165) is 46.7 Å². The van der Waals surface area contributed by atoms with Crippen LogP contribution in [0.15, 0.2) is 54.9 Å². The van der Waals surface area contributed by atoms with Gasteiger partial charge in [-0.2, -0.15) is 5.10 Å². The van der Waals surface area contributed by atoms with Crippen LogP contribution in [0.25, 0.3) is 22.4 Å². The Kier molecular flexibility index (Phi) is 6.12. The number of nitrogens with zero attached hydrogens (tertiary/aromatic N) is 3. The molecule has 1 aliphatic rings. The van der Waals surface area contributed by atoms with E-state index in [-0.39, 0.29) is 0 Å². The van der Waals surface area contributed by atoms with E-state index in [4.69, 9.17) is 9.72 Å². The molecule has 2 unspecified atom stereocenters. The molecule has 0 spiro atoms. The van der Waals surface area contributed by atoms with Gasteiger partial charge in [0.15, 0.2) is 0 Å².